The van der Waals surface area contributed by atoms with Crippen molar-refractivity contribution in [2.24, 2.45) is 0 Å². The number of Topliss-reactive ketones (excluding diaryl/α,β-unsaturated/α-hetero) is 1. The Morgan fingerprint density at radius 3 is 2.20 bits per heavy atom. The molecule has 1 saturated carbocycles. The van der Waals surface area contributed by atoms with Crippen LogP contribution in [0.2, 0.25) is 4.31 Å². The van der Waals surface area contributed by atoms with E-state index in [4.69, 9.17) is 0 Å². The van der Waals surface area contributed by atoms with Crippen LogP contribution in [0.1, 0.15) is 24.8 Å². The summed E-state index contributed by atoms with van der Waals surface area (Å²) in [6, 6.07) is 21.0. The first-order valence-electron chi connectivity index (χ1n) is 7.10. The van der Waals surface area contributed by atoms with E-state index in [1.165, 1.54) is 10.0 Å². The van der Waals surface area contributed by atoms with Crippen LogP contribution in [0.25, 0.3) is 0 Å². The predicted molar refractivity (Wildman–Crippen MR) is 83.5 cm³/mol. The number of rotatable bonds is 4. The van der Waals surface area contributed by atoms with Gasteiger partial charge >= 0.3 is 126 Å². The molecule has 2 aromatic carbocycles. The standard InChI is InChI=1S/C18H18OSe/c19-17-12-7-13-18(17,14-15-8-3-1-4-9-15)20-16-10-5-2-6-11-16/h1-6,8-11H,7,12-14H2. The van der Waals surface area contributed by atoms with Gasteiger partial charge in [-0.05, 0) is 0 Å². The van der Waals surface area contributed by atoms with Crippen molar-refractivity contribution in [2.75, 3.05) is 0 Å². The molecule has 0 aromatic heterocycles. The number of carbonyl (C=O) groups excluding carboxylic acids is 1. The van der Waals surface area contributed by atoms with E-state index in [9.17, 15) is 4.79 Å². The normalized spacial score (nSPS) is 22.1. The van der Waals surface area contributed by atoms with Gasteiger partial charge in [0.1, 0.15) is 0 Å². The number of ketones is 1. The second-order valence-corrected chi connectivity index (χ2v) is 8.41. The van der Waals surface area contributed by atoms with E-state index in [0.29, 0.717) is 5.78 Å². The van der Waals surface area contributed by atoms with Crippen LogP contribution in [0.4, 0.5) is 0 Å². The summed E-state index contributed by atoms with van der Waals surface area (Å²) in [5.74, 6) is 0.477. The fourth-order valence-electron chi connectivity index (χ4n) is 2.87. The molecule has 1 atom stereocenters. The van der Waals surface area contributed by atoms with Crippen molar-refractivity contribution >= 4 is 25.2 Å². The average molecular weight is 329 g/mol. The summed E-state index contributed by atoms with van der Waals surface area (Å²) >= 11 is 0.220. The van der Waals surface area contributed by atoms with Crippen molar-refractivity contribution in [3.63, 3.8) is 0 Å². The zero-order valence-electron chi connectivity index (χ0n) is 11.4. The Bertz CT molecular complexity index is 535. The Morgan fingerprint density at radius 1 is 0.950 bits per heavy atom. The molecule has 0 radical (unpaired) electrons. The molecule has 0 aliphatic heterocycles. The molecule has 0 amide bonds. The summed E-state index contributed by atoms with van der Waals surface area (Å²) in [5, 5.41) is 0. The summed E-state index contributed by atoms with van der Waals surface area (Å²) in [5.41, 5.74) is 1.29. The summed E-state index contributed by atoms with van der Waals surface area (Å²) in [7, 11) is 0. The van der Waals surface area contributed by atoms with Crippen LogP contribution in [0.5, 0.6) is 0 Å². The number of hydrogen-bond donors (Lipinski definition) is 0. The van der Waals surface area contributed by atoms with Gasteiger partial charge in [0.2, 0.25) is 0 Å². The van der Waals surface area contributed by atoms with Gasteiger partial charge in [-0.15, -0.1) is 0 Å². The zero-order chi connectivity index (χ0) is 13.8. The second-order valence-electron chi connectivity index (χ2n) is 5.35. The van der Waals surface area contributed by atoms with Crippen molar-refractivity contribution in [2.45, 2.75) is 30.0 Å². The van der Waals surface area contributed by atoms with E-state index in [1.54, 1.807) is 0 Å². The van der Waals surface area contributed by atoms with Crippen LogP contribution in [0.15, 0.2) is 60.7 Å². The third-order valence-electron chi connectivity index (χ3n) is 3.88. The van der Waals surface area contributed by atoms with Crippen LogP contribution in [-0.4, -0.2) is 20.7 Å². The molecule has 2 heteroatoms. The molecule has 1 aliphatic rings. The van der Waals surface area contributed by atoms with Gasteiger partial charge in [-0.25, -0.2) is 0 Å². The summed E-state index contributed by atoms with van der Waals surface area (Å²) in [6.45, 7) is 0. The molecule has 0 spiro atoms. The van der Waals surface area contributed by atoms with Gasteiger partial charge in [-0.1, -0.05) is 0 Å². The quantitative estimate of drug-likeness (QED) is 0.788. The zero-order valence-corrected chi connectivity index (χ0v) is 13.1. The molecule has 1 nitrogen and oxygen atoms in total. The maximum atomic E-state index is 12.5. The summed E-state index contributed by atoms with van der Waals surface area (Å²) in [4.78, 5) is 12.5. The minimum absolute atomic E-state index is 0.115. The monoisotopic (exact) mass is 330 g/mol. The van der Waals surface area contributed by atoms with Gasteiger partial charge in [0.15, 0.2) is 0 Å². The molecule has 102 valence electrons. The first kappa shape index (κ1) is 13.6. The second kappa shape index (κ2) is 5.95. The third kappa shape index (κ3) is 2.87. The van der Waals surface area contributed by atoms with Gasteiger partial charge in [0.25, 0.3) is 0 Å². The molecule has 0 heterocycles. The number of carbonyl (C=O) groups is 1. The van der Waals surface area contributed by atoms with Crippen molar-refractivity contribution in [1.29, 1.82) is 0 Å². The molecule has 0 saturated heterocycles. The van der Waals surface area contributed by atoms with Crippen molar-refractivity contribution in [1.82, 2.24) is 0 Å². The maximum absolute atomic E-state index is 12.5. The minimum atomic E-state index is -0.115. The Hall–Kier alpha value is -1.37. The van der Waals surface area contributed by atoms with Gasteiger partial charge in [0, 0.05) is 0 Å². The van der Waals surface area contributed by atoms with Crippen LogP contribution in [0, 0.1) is 0 Å². The van der Waals surface area contributed by atoms with Crippen LogP contribution in [0.3, 0.4) is 0 Å². The van der Waals surface area contributed by atoms with Gasteiger partial charge in [0.05, 0.1) is 0 Å². The predicted octanol–water partition coefficient (Wildman–Crippen LogP) is 3.17. The first-order valence-corrected chi connectivity index (χ1v) is 8.81. The summed E-state index contributed by atoms with van der Waals surface area (Å²) in [6.07, 6.45) is 3.78. The average Bonchev–Trinajstić information content (AvgIpc) is 2.82. The third-order valence-corrected chi connectivity index (χ3v) is 6.98. The first-order chi connectivity index (χ1) is 9.78. The van der Waals surface area contributed by atoms with Gasteiger partial charge in [-0.2, -0.15) is 0 Å². The Morgan fingerprint density at radius 2 is 1.60 bits per heavy atom. The SMILES string of the molecule is O=C1CCCC1(Cc1ccccc1)[Se]c1ccccc1. The molecule has 1 fully saturated rings. The van der Waals surface area contributed by atoms with Gasteiger partial charge < -0.3 is 0 Å². The van der Waals surface area contributed by atoms with Crippen molar-refractivity contribution in [3.8, 4) is 0 Å². The van der Waals surface area contributed by atoms with Crippen molar-refractivity contribution < 1.29 is 4.79 Å². The van der Waals surface area contributed by atoms with E-state index >= 15 is 0 Å². The fraction of sp³-hybridized carbons (Fsp3) is 0.278. The Balaban J connectivity index is 1.87. The van der Waals surface area contributed by atoms with E-state index in [2.05, 4.69) is 48.5 Å². The molecule has 0 bridgehead atoms. The van der Waals surface area contributed by atoms with Crippen LogP contribution < -0.4 is 4.46 Å². The number of hydrogen-bond acceptors (Lipinski definition) is 1. The molecular weight excluding hydrogens is 311 g/mol. The van der Waals surface area contributed by atoms with Crippen molar-refractivity contribution in [3.05, 3.63) is 66.2 Å². The molecule has 2 aromatic rings. The molecule has 20 heavy (non-hydrogen) atoms. The molecule has 3 rings (SSSR count). The molecule has 1 unspecified atom stereocenters. The molecular formula is C18H18OSe. The van der Waals surface area contributed by atoms with E-state index in [-0.39, 0.29) is 19.3 Å². The number of benzene rings is 2. The van der Waals surface area contributed by atoms with E-state index < -0.39 is 0 Å². The fourth-order valence-corrected chi connectivity index (χ4v) is 5.91. The van der Waals surface area contributed by atoms with Gasteiger partial charge in [-0.3, -0.25) is 0 Å². The Labute approximate surface area is 126 Å². The topological polar surface area (TPSA) is 17.1 Å². The molecule has 0 N–H and O–H groups in total. The van der Waals surface area contributed by atoms with E-state index in [1.807, 2.05) is 12.1 Å². The van der Waals surface area contributed by atoms with Crippen LogP contribution >= 0.6 is 0 Å². The summed E-state index contributed by atoms with van der Waals surface area (Å²) < 4.78 is 1.22. The molecule has 1 aliphatic carbocycles. The van der Waals surface area contributed by atoms with E-state index in [0.717, 1.165) is 25.7 Å². The van der Waals surface area contributed by atoms with Crippen LogP contribution in [-0.2, 0) is 11.2 Å². The Kier molecular flexibility index (Phi) is 4.05.